The third kappa shape index (κ3) is 2.56. The first-order valence-corrected chi connectivity index (χ1v) is 4.45. The third-order valence-electron chi connectivity index (χ3n) is 2.40. The summed E-state index contributed by atoms with van der Waals surface area (Å²) in [6, 6.07) is 0.557. The van der Waals surface area contributed by atoms with Crippen molar-refractivity contribution in [3.8, 4) is 5.88 Å². The number of hydrogen-bond donors (Lipinski definition) is 0. The summed E-state index contributed by atoms with van der Waals surface area (Å²) in [6.45, 7) is 1.89. The summed E-state index contributed by atoms with van der Waals surface area (Å²) in [4.78, 5) is 10.2. The fourth-order valence-electron chi connectivity index (χ4n) is 1.32. The van der Waals surface area contributed by atoms with Crippen molar-refractivity contribution in [1.29, 1.82) is 0 Å². The molecule has 1 fully saturated rings. The topological polar surface area (TPSA) is 38.2 Å². The van der Waals surface area contributed by atoms with E-state index in [2.05, 4.69) is 21.9 Å². The monoisotopic (exact) mass is 215 g/mol. The third-order valence-corrected chi connectivity index (χ3v) is 2.40. The molecule has 0 spiro atoms. The Hall–Kier alpha value is -0.870. The van der Waals surface area contributed by atoms with Crippen LogP contribution in [0.4, 0.5) is 0 Å². The van der Waals surface area contributed by atoms with Gasteiger partial charge in [-0.25, -0.2) is 4.98 Å². The Morgan fingerprint density at radius 1 is 1.57 bits per heavy atom. The van der Waals surface area contributed by atoms with E-state index in [1.807, 2.05) is 0 Å². The predicted octanol–water partition coefficient (Wildman–Crippen LogP) is 0.981. The molecule has 1 aromatic heterocycles. The second-order valence-electron chi connectivity index (χ2n) is 3.28. The maximum absolute atomic E-state index is 5.47. The number of halogens is 1. The first-order valence-electron chi connectivity index (χ1n) is 4.45. The molecule has 1 aliphatic rings. The lowest BCUT2D eigenvalue weighted by Gasteiger charge is -2.37. The second kappa shape index (κ2) is 5.12. The molecule has 1 aromatic rings. The van der Waals surface area contributed by atoms with Crippen molar-refractivity contribution in [2.24, 2.45) is 0 Å². The zero-order valence-electron chi connectivity index (χ0n) is 8.09. The Kier molecular flexibility index (Phi) is 4.10. The largest absolute Gasteiger partial charge is 0.475 e. The average Bonchev–Trinajstić information content (AvgIpc) is 2.17. The molecular weight excluding hydrogens is 202 g/mol. The molecule has 0 unspecified atom stereocenters. The van der Waals surface area contributed by atoms with E-state index < -0.39 is 0 Å². The van der Waals surface area contributed by atoms with E-state index in [4.69, 9.17) is 4.74 Å². The van der Waals surface area contributed by atoms with E-state index >= 15 is 0 Å². The molecular formula is C9H14ClN3O. The standard InChI is InChI=1S/C9H13N3O.ClH/c1-12-5-2-8(12)7-13-9-6-10-3-4-11-9;/h3-4,6,8H,2,5,7H2,1H3;1H/t8-;/m0./s1. The summed E-state index contributed by atoms with van der Waals surface area (Å²) in [5.41, 5.74) is 0. The minimum absolute atomic E-state index is 0. The van der Waals surface area contributed by atoms with Crippen LogP contribution in [0.2, 0.25) is 0 Å². The molecule has 0 amide bonds. The van der Waals surface area contributed by atoms with Gasteiger partial charge in [0.2, 0.25) is 5.88 Å². The SMILES string of the molecule is CN1CC[C@H]1COc1cnccn1.Cl. The molecule has 0 bridgehead atoms. The lowest BCUT2D eigenvalue weighted by Crippen LogP contribution is -2.48. The van der Waals surface area contributed by atoms with Gasteiger partial charge in [-0.15, -0.1) is 12.4 Å². The zero-order valence-corrected chi connectivity index (χ0v) is 8.91. The van der Waals surface area contributed by atoms with Crippen molar-refractivity contribution >= 4 is 12.4 Å². The average molecular weight is 216 g/mol. The lowest BCUT2D eigenvalue weighted by molar-refractivity contribution is 0.0749. The van der Waals surface area contributed by atoms with E-state index in [-0.39, 0.29) is 12.4 Å². The summed E-state index contributed by atoms with van der Waals surface area (Å²) in [5, 5.41) is 0. The van der Waals surface area contributed by atoms with E-state index in [0.717, 1.165) is 6.61 Å². The van der Waals surface area contributed by atoms with Crippen LogP contribution in [-0.2, 0) is 0 Å². The summed E-state index contributed by atoms with van der Waals surface area (Å²) < 4.78 is 5.47. The summed E-state index contributed by atoms with van der Waals surface area (Å²) in [7, 11) is 2.11. The van der Waals surface area contributed by atoms with Crippen LogP contribution < -0.4 is 4.74 Å². The maximum atomic E-state index is 5.47. The zero-order chi connectivity index (χ0) is 9.10. The number of nitrogens with zero attached hydrogens (tertiary/aromatic N) is 3. The Morgan fingerprint density at radius 2 is 2.43 bits per heavy atom. The van der Waals surface area contributed by atoms with Crippen molar-refractivity contribution < 1.29 is 4.74 Å². The highest BCUT2D eigenvalue weighted by molar-refractivity contribution is 5.85. The number of hydrogen-bond acceptors (Lipinski definition) is 4. The highest BCUT2D eigenvalue weighted by atomic mass is 35.5. The molecule has 1 atom stereocenters. The molecule has 4 nitrogen and oxygen atoms in total. The van der Waals surface area contributed by atoms with Crippen LogP contribution in [-0.4, -0.2) is 41.1 Å². The lowest BCUT2D eigenvalue weighted by atomic mass is 10.1. The minimum Gasteiger partial charge on any atom is -0.475 e. The maximum Gasteiger partial charge on any atom is 0.232 e. The highest BCUT2D eigenvalue weighted by Crippen LogP contribution is 2.15. The van der Waals surface area contributed by atoms with Crippen LogP contribution in [0.1, 0.15) is 6.42 Å². The fourth-order valence-corrected chi connectivity index (χ4v) is 1.32. The van der Waals surface area contributed by atoms with Crippen LogP contribution in [0.15, 0.2) is 18.6 Å². The number of likely N-dealkylation sites (N-methyl/N-ethyl adjacent to an activating group) is 1. The molecule has 0 N–H and O–H groups in total. The van der Waals surface area contributed by atoms with Crippen LogP contribution in [0, 0.1) is 0 Å². The van der Waals surface area contributed by atoms with Crippen molar-refractivity contribution in [1.82, 2.24) is 14.9 Å². The summed E-state index contributed by atoms with van der Waals surface area (Å²) in [5.74, 6) is 0.614. The van der Waals surface area contributed by atoms with Gasteiger partial charge in [-0.2, -0.15) is 0 Å². The quantitative estimate of drug-likeness (QED) is 0.754. The summed E-state index contributed by atoms with van der Waals surface area (Å²) in [6.07, 6.45) is 6.14. The second-order valence-corrected chi connectivity index (χ2v) is 3.28. The number of ether oxygens (including phenoxy) is 1. The van der Waals surface area contributed by atoms with Gasteiger partial charge in [0, 0.05) is 18.4 Å². The van der Waals surface area contributed by atoms with Crippen molar-refractivity contribution in [3.63, 3.8) is 0 Å². The van der Waals surface area contributed by atoms with Gasteiger partial charge in [0.05, 0.1) is 6.20 Å². The number of rotatable bonds is 3. The molecule has 5 heteroatoms. The van der Waals surface area contributed by atoms with Gasteiger partial charge in [-0.3, -0.25) is 9.88 Å². The molecule has 78 valence electrons. The minimum atomic E-state index is 0. The molecule has 0 aromatic carbocycles. The molecule has 2 heterocycles. The Balaban J connectivity index is 0.000000980. The van der Waals surface area contributed by atoms with Crippen LogP contribution >= 0.6 is 12.4 Å². The van der Waals surface area contributed by atoms with E-state index in [1.165, 1.54) is 13.0 Å². The van der Waals surface area contributed by atoms with Gasteiger partial charge in [0.1, 0.15) is 6.61 Å². The van der Waals surface area contributed by atoms with Gasteiger partial charge in [0.25, 0.3) is 0 Å². The predicted molar refractivity (Wildman–Crippen MR) is 55.8 cm³/mol. The molecule has 0 radical (unpaired) electrons. The van der Waals surface area contributed by atoms with Crippen LogP contribution in [0.5, 0.6) is 5.88 Å². The number of aromatic nitrogens is 2. The van der Waals surface area contributed by atoms with E-state index in [1.54, 1.807) is 18.6 Å². The van der Waals surface area contributed by atoms with Crippen LogP contribution in [0.25, 0.3) is 0 Å². The van der Waals surface area contributed by atoms with Crippen LogP contribution in [0.3, 0.4) is 0 Å². The molecule has 0 saturated carbocycles. The normalized spacial score (nSPS) is 20.8. The Labute approximate surface area is 89.7 Å². The van der Waals surface area contributed by atoms with Gasteiger partial charge >= 0.3 is 0 Å². The van der Waals surface area contributed by atoms with Crippen molar-refractivity contribution in [2.45, 2.75) is 12.5 Å². The molecule has 1 saturated heterocycles. The van der Waals surface area contributed by atoms with Crippen molar-refractivity contribution in [3.05, 3.63) is 18.6 Å². The van der Waals surface area contributed by atoms with Gasteiger partial charge < -0.3 is 4.74 Å². The molecule has 1 aliphatic heterocycles. The Morgan fingerprint density at radius 3 is 2.93 bits per heavy atom. The van der Waals surface area contributed by atoms with Crippen molar-refractivity contribution in [2.75, 3.05) is 20.2 Å². The van der Waals surface area contributed by atoms with E-state index in [0.29, 0.717) is 11.9 Å². The molecule has 2 rings (SSSR count). The van der Waals surface area contributed by atoms with Gasteiger partial charge in [-0.1, -0.05) is 0 Å². The first-order chi connectivity index (χ1) is 6.36. The first kappa shape index (κ1) is 11.2. The fraction of sp³-hybridized carbons (Fsp3) is 0.556. The number of likely N-dealkylation sites (tertiary alicyclic amines) is 1. The molecule has 0 aliphatic carbocycles. The summed E-state index contributed by atoms with van der Waals surface area (Å²) >= 11 is 0. The Bertz CT molecular complexity index is 270. The smallest absolute Gasteiger partial charge is 0.232 e. The van der Waals surface area contributed by atoms with Gasteiger partial charge in [0.15, 0.2) is 0 Å². The molecule has 14 heavy (non-hydrogen) atoms. The highest BCUT2D eigenvalue weighted by Gasteiger charge is 2.24. The van der Waals surface area contributed by atoms with E-state index in [9.17, 15) is 0 Å². The van der Waals surface area contributed by atoms with Gasteiger partial charge in [-0.05, 0) is 20.0 Å².